The maximum atomic E-state index is 9.47. The molecule has 1 aliphatic heterocycles. The van der Waals surface area contributed by atoms with Crippen LogP contribution in [0.25, 0.3) is 0 Å². The van der Waals surface area contributed by atoms with Crippen LogP contribution in [-0.4, -0.2) is 29.2 Å². The van der Waals surface area contributed by atoms with Crippen LogP contribution in [0.15, 0.2) is 29.2 Å². The molecule has 0 aromatic heterocycles. The molecule has 1 unspecified atom stereocenters. The molecule has 18 heavy (non-hydrogen) atoms. The van der Waals surface area contributed by atoms with Gasteiger partial charge in [-0.3, -0.25) is 0 Å². The Hall–Kier alpha value is -0.510. The van der Waals surface area contributed by atoms with Crippen molar-refractivity contribution in [3.63, 3.8) is 0 Å². The molecule has 1 heterocycles. The normalized spacial score (nSPS) is 31.3. The zero-order valence-electron chi connectivity index (χ0n) is 10.5. The Balaban J connectivity index is 1.46. The van der Waals surface area contributed by atoms with E-state index in [4.69, 9.17) is 4.74 Å². The maximum Gasteiger partial charge on any atom is 0.0595 e. The molecule has 0 spiro atoms. The Morgan fingerprint density at radius 2 is 1.94 bits per heavy atom. The molecule has 98 valence electrons. The number of aliphatic hydroxyl groups excluding tert-OH is 1. The van der Waals surface area contributed by atoms with Crippen molar-refractivity contribution in [2.75, 3.05) is 6.61 Å². The van der Waals surface area contributed by atoms with Crippen molar-refractivity contribution < 1.29 is 9.84 Å². The van der Waals surface area contributed by atoms with Gasteiger partial charge in [0.15, 0.2) is 0 Å². The Kier molecular flexibility index (Phi) is 3.92. The summed E-state index contributed by atoms with van der Waals surface area (Å²) in [4.78, 5) is 1.42. The van der Waals surface area contributed by atoms with E-state index in [9.17, 15) is 5.11 Å². The minimum Gasteiger partial charge on any atom is -0.393 e. The van der Waals surface area contributed by atoms with Gasteiger partial charge in [-0.05, 0) is 43.7 Å². The molecule has 2 aliphatic rings. The number of thioether (sulfide) groups is 1. The largest absolute Gasteiger partial charge is 0.393 e. The van der Waals surface area contributed by atoms with Gasteiger partial charge in [-0.25, -0.2) is 0 Å². The fraction of sp³-hybridized carbons (Fsp3) is 0.600. The van der Waals surface area contributed by atoms with Crippen molar-refractivity contribution in [1.82, 2.24) is 0 Å². The van der Waals surface area contributed by atoms with E-state index in [2.05, 4.69) is 24.3 Å². The molecule has 1 N–H and O–H groups in total. The summed E-state index contributed by atoms with van der Waals surface area (Å²) in [5.41, 5.74) is 1.47. The van der Waals surface area contributed by atoms with E-state index in [1.807, 2.05) is 11.8 Å². The topological polar surface area (TPSA) is 29.5 Å². The average Bonchev–Trinajstić information content (AvgIpc) is 2.81. The molecule has 1 aliphatic carbocycles. The van der Waals surface area contributed by atoms with Gasteiger partial charge in [0.1, 0.15) is 0 Å². The molecular weight excluding hydrogens is 244 g/mol. The Morgan fingerprint density at radius 3 is 2.72 bits per heavy atom. The quantitative estimate of drug-likeness (QED) is 0.910. The van der Waals surface area contributed by atoms with Crippen LogP contribution in [0.2, 0.25) is 0 Å². The van der Waals surface area contributed by atoms with Gasteiger partial charge >= 0.3 is 0 Å². The molecule has 3 heteroatoms. The van der Waals surface area contributed by atoms with Crippen molar-refractivity contribution in [2.24, 2.45) is 0 Å². The van der Waals surface area contributed by atoms with Crippen LogP contribution in [-0.2, 0) is 11.2 Å². The lowest BCUT2D eigenvalue weighted by molar-refractivity contribution is -0.00214. The zero-order valence-corrected chi connectivity index (χ0v) is 11.4. The van der Waals surface area contributed by atoms with Gasteiger partial charge in [-0.1, -0.05) is 18.2 Å². The van der Waals surface area contributed by atoms with Crippen molar-refractivity contribution in [3.05, 3.63) is 29.8 Å². The van der Waals surface area contributed by atoms with E-state index in [0.717, 1.165) is 38.7 Å². The number of benzene rings is 1. The van der Waals surface area contributed by atoms with E-state index in [1.54, 1.807) is 0 Å². The minimum absolute atomic E-state index is 0.0880. The van der Waals surface area contributed by atoms with Gasteiger partial charge < -0.3 is 9.84 Å². The standard InChI is InChI=1S/C15H20O2S/c16-12-5-7-13(8-6-12)17-10-14-9-11-3-1-2-4-15(11)18-14/h1-4,12-14,16H,5-10H2. The SMILES string of the molecule is OC1CCC(OCC2Cc3ccccc3S2)CC1. The first-order chi connectivity index (χ1) is 8.81. The molecule has 0 saturated heterocycles. The van der Waals surface area contributed by atoms with Crippen LogP contribution in [0.4, 0.5) is 0 Å². The highest BCUT2D eigenvalue weighted by atomic mass is 32.2. The van der Waals surface area contributed by atoms with Crippen LogP contribution in [0, 0.1) is 0 Å². The number of rotatable bonds is 3. The van der Waals surface area contributed by atoms with Gasteiger partial charge in [-0.15, -0.1) is 11.8 Å². The van der Waals surface area contributed by atoms with Gasteiger partial charge in [-0.2, -0.15) is 0 Å². The van der Waals surface area contributed by atoms with E-state index in [1.165, 1.54) is 10.5 Å². The van der Waals surface area contributed by atoms with Crippen LogP contribution in [0.3, 0.4) is 0 Å². The van der Waals surface area contributed by atoms with Crippen molar-refractivity contribution in [2.45, 2.75) is 54.5 Å². The first-order valence-electron chi connectivity index (χ1n) is 6.85. The van der Waals surface area contributed by atoms with Crippen molar-refractivity contribution >= 4 is 11.8 Å². The molecule has 1 aromatic carbocycles. The minimum atomic E-state index is -0.0880. The fourth-order valence-electron chi connectivity index (χ4n) is 2.80. The number of aliphatic hydroxyl groups is 1. The van der Waals surface area contributed by atoms with E-state index in [-0.39, 0.29) is 6.10 Å². The first-order valence-corrected chi connectivity index (χ1v) is 7.73. The molecule has 1 saturated carbocycles. The number of fused-ring (bicyclic) bond motifs is 1. The lowest BCUT2D eigenvalue weighted by Gasteiger charge is -2.26. The summed E-state index contributed by atoms with van der Waals surface area (Å²) >= 11 is 1.95. The molecule has 1 fully saturated rings. The molecular formula is C15H20O2S. The molecule has 1 aromatic rings. The second kappa shape index (κ2) is 5.64. The number of hydrogen-bond donors (Lipinski definition) is 1. The van der Waals surface area contributed by atoms with Crippen LogP contribution in [0.5, 0.6) is 0 Å². The highest BCUT2D eigenvalue weighted by molar-refractivity contribution is 8.00. The molecule has 0 amide bonds. The second-order valence-corrected chi connectivity index (χ2v) is 6.66. The summed E-state index contributed by atoms with van der Waals surface area (Å²) in [6.07, 6.45) is 5.27. The summed E-state index contributed by atoms with van der Waals surface area (Å²) in [6.45, 7) is 0.847. The molecule has 0 bridgehead atoms. The van der Waals surface area contributed by atoms with Gasteiger partial charge in [0.05, 0.1) is 18.8 Å². The predicted octanol–water partition coefficient (Wildman–Crippen LogP) is 3.02. The highest BCUT2D eigenvalue weighted by Gasteiger charge is 2.25. The van der Waals surface area contributed by atoms with Crippen LogP contribution >= 0.6 is 11.8 Å². The Morgan fingerprint density at radius 1 is 1.17 bits per heavy atom. The fourth-order valence-corrected chi connectivity index (χ4v) is 4.03. The average molecular weight is 264 g/mol. The van der Waals surface area contributed by atoms with Crippen LogP contribution < -0.4 is 0 Å². The summed E-state index contributed by atoms with van der Waals surface area (Å²) in [6, 6.07) is 8.65. The van der Waals surface area contributed by atoms with Gasteiger partial charge in [0.25, 0.3) is 0 Å². The molecule has 1 atom stereocenters. The monoisotopic (exact) mass is 264 g/mol. The third-order valence-electron chi connectivity index (χ3n) is 3.88. The summed E-state index contributed by atoms with van der Waals surface area (Å²) in [5.74, 6) is 0. The third kappa shape index (κ3) is 2.90. The summed E-state index contributed by atoms with van der Waals surface area (Å²) < 4.78 is 6.01. The summed E-state index contributed by atoms with van der Waals surface area (Å²) in [7, 11) is 0. The van der Waals surface area contributed by atoms with Crippen molar-refractivity contribution in [1.29, 1.82) is 0 Å². The lowest BCUT2D eigenvalue weighted by Crippen LogP contribution is -2.26. The smallest absolute Gasteiger partial charge is 0.0595 e. The highest BCUT2D eigenvalue weighted by Crippen LogP contribution is 2.37. The third-order valence-corrected chi connectivity index (χ3v) is 5.16. The first kappa shape index (κ1) is 12.5. The van der Waals surface area contributed by atoms with E-state index >= 15 is 0 Å². The molecule has 0 radical (unpaired) electrons. The van der Waals surface area contributed by atoms with E-state index in [0.29, 0.717) is 11.4 Å². The lowest BCUT2D eigenvalue weighted by atomic mass is 9.95. The second-order valence-electron chi connectivity index (χ2n) is 5.32. The zero-order chi connectivity index (χ0) is 12.4. The Bertz CT molecular complexity index is 374. The number of ether oxygens (including phenoxy) is 1. The number of hydrogen-bond acceptors (Lipinski definition) is 3. The molecule has 2 nitrogen and oxygen atoms in total. The maximum absolute atomic E-state index is 9.47. The van der Waals surface area contributed by atoms with Gasteiger partial charge in [0, 0.05) is 10.1 Å². The predicted molar refractivity (Wildman–Crippen MR) is 74.0 cm³/mol. The van der Waals surface area contributed by atoms with Crippen molar-refractivity contribution in [3.8, 4) is 0 Å². The van der Waals surface area contributed by atoms with Crippen LogP contribution in [0.1, 0.15) is 31.2 Å². The Labute approximate surface area is 113 Å². The summed E-state index contributed by atoms with van der Waals surface area (Å²) in [5, 5.41) is 10.0. The van der Waals surface area contributed by atoms with Gasteiger partial charge in [0.2, 0.25) is 0 Å². The van der Waals surface area contributed by atoms with E-state index < -0.39 is 0 Å². The molecule has 3 rings (SSSR count).